The van der Waals surface area contributed by atoms with Crippen LogP contribution >= 0.6 is 0 Å². The summed E-state index contributed by atoms with van der Waals surface area (Å²) in [6.45, 7) is 6.73. The molecule has 1 fully saturated rings. The first-order valence-corrected chi connectivity index (χ1v) is 4.72. The van der Waals surface area contributed by atoms with E-state index in [1.807, 2.05) is 6.92 Å². The van der Waals surface area contributed by atoms with Crippen molar-refractivity contribution in [3.05, 3.63) is 12.2 Å². The average Bonchev–Trinajstić information content (AvgIpc) is 2.06. The molecular weight excluding hydrogens is 150 g/mol. The first kappa shape index (κ1) is 9.75. The molecule has 1 heterocycles. The molecule has 0 aliphatic carbocycles. The van der Waals surface area contributed by atoms with E-state index in [2.05, 4.69) is 6.58 Å². The monoisotopic (exact) mass is 169 g/mol. The van der Waals surface area contributed by atoms with E-state index in [1.54, 1.807) is 0 Å². The Kier molecular flexibility index (Phi) is 3.76. The predicted octanol–water partition coefficient (Wildman–Crippen LogP) is 1.85. The van der Waals surface area contributed by atoms with Crippen molar-refractivity contribution in [1.82, 2.24) is 0 Å². The van der Waals surface area contributed by atoms with Crippen molar-refractivity contribution in [2.45, 2.75) is 44.8 Å². The molecule has 2 heteroatoms. The average molecular weight is 169 g/mol. The van der Waals surface area contributed by atoms with Crippen molar-refractivity contribution in [2.75, 3.05) is 6.61 Å². The van der Waals surface area contributed by atoms with Crippen LogP contribution in [-0.2, 0) is 4.74 Å². The third-order valence-corrected chi connectivity index (χ3v) is 2.42. The van der Waals surface area contributed by atoms with Gasteiger partial charge in [-0.05, 0) is 32.6 Å². The normalized spacial score (nSPS) is 26.7. The second kappa shape index (κ2) is 4.63. The highest BCUT2D eigenvalue weighted by atomic mass is 16.5. The molecule has 1 rings (SSSR count). The maximum atomic E-state index is 5.87. The lowest BCUT2D eigenvalue weighted by atomic mass is 9.99. The number of ether oxygens (including phenoxy) is 1. The van der Waals surface area contributed by atoms with E-state index >= 15 is 0 Å². The van der Waals surface area contributed by atoms with Crippen molar-refractivity contribution in [3.63, 3.8) is 0 Å². The Morgan fingerprint density at radius 2 is 2.42 bits per heavy atom. The number of hydrogen-bond donors (Lipinski definition) is 1. The largest absolute Gasteiger partial charge is 0.378 e. The van der Waals surface area contributed by atoms with E-state index in [0.29, 0.717) is 6.10 Å². The minimum absolute atomic E-state index is 0.119. The molecular formula is C10H19NO. The Labute approximate surface area is 74.8 Å². The minimum atomic E-state index is 0.119. The van der Waals surface area contributed by atoms with Gasteiger partial charge in [0.15, 0.2) is 0 Å². The Morgan fingerprint density at radius 1 is 1.67 bits per heavy atom. The Balaban J connectivity index is 2.24. The summed E-state index contributed by atoms with van der Waals surface area (Å²) in [5.74, 6) is 0. The summed E-state index contributed by atoms with van der Waals surface area (Å²) in [4.78, 5) is 0. The molecule has 0 aromatic carbocycles. The van der Waals surface area contributed by atoms with Gasteiger partial charge in [0.05, 0.1) is 6.10 Å². The third-order valence-electron chi connectivity index (χ3n) is 2.42. The quantitative estimate of drug-likeness (QED) is 0.654. The summed E-state index contributed by atoms with van der Waals surface area (Å²) in [6.07, 6.45) is 4.98. The summed E-state index contributed by atoms with van der Waals surface area (Å²) in [5.41, 5.74) is 6.93. The fourth-order valence-corrected chi connectivity index (χ4v) is 1.48. The summed E-state index contributed by atoms with van der Waals surface area (Å²) >= 11 is 0. The van der Waals surface area contributed by atoms with Crippen LogP contribution in [0.2, 0.25) is 0 Å². The standard InChI is InChI=1S/C10H19NO/c1-8(2)10(11)7-9-5-3-4-6-12-9/h9-10H,1,3-7,11H2,2H3. The van der Waals surface area contributed by atoms with Gasteiger partial charge >= 0.3 is 0 Å². The smallest absolute Gasteiger partial charge is 0.0593 e. The van der Waals surface area contributed by atoms with Crippen LogP contribution in [0.3, 0.4) is 0 Å². The van der Waals surface area contributed by atoms with Gasteiger partial charge in [-0.25, -0.2) is 0 Å². The van der Waals surface area contributed by atoms with Crippen LogP contribution in [0.15, 0.2) is 12.2 Å². The fourth-order valence-electron chi connectivity index (χ4n) is 1.48. The number of nitrogens with two attached hydrogens (primary N) is 1. The Morgan fingerprint density at radius 3 is 2.92 bits per heavy atom. The van der Waals surface area contributed by atoms with Crippen LogP contribution in [0.4, 0.5) is 0 Å². The molecule has 2 N–H and O–H groups in total. The highest BCUT2D eigenvalue weighted by Gasteiger charge is 2.17. The molecule has 70 valence electrons. The minimum Gasteiger partial charge on any atom is -0.378 e. The SMILES string of the molecule is C=C(C)C(N)CC1CCCCO1. The van der Waals surface area contributed by atoms with Crippen LogP contribution < -0.4 is 5.73 Å². The second-order valence-corrected chi connectivity index (χ2v) is 3.68. The number of hydrogen-bond acceptors (Lipinski definition) is 2. The maximum Gasteiger partial charge on any atom is 0.0593 e. The van der Waals surface area contributed by atoms with Crippen molar-refractivity contribution in [1.29, 1.82) is 0 Å². The lowest BCUT2D eigenvalue weighted by Crippen LogP contribution is -2.30. The van der Waals surface area contributed by atoms with Crippen molar-refractivity contribution in [2.24, 2.45) is 5.73 Å². The zero-order valence-corrected chi connectivity index (χ0v) is 7.88. The molecule has 1 aliphatic heterocycles. The molecule has 1 aliphatic rings. The van der Waals surface area contributed by atoms with Crippen molar-refractivity contribution < 1.29 is 4.74 Å². The zero-order valence-electron chi connectivity index (χ0n) is 7.88. The molecule has 0 spiro atoms. The molecule has 1 saturated heterocycles. The van der Waals surface area contributed by atoms with Gasteiger partial charge in [-0.3, -0.25) is 0 Å². The predicted molar refractivity (Wildman–Crippen MR) is 51.0 cm³/mol. The summed E-state index contributed by atoms with van der Waals surface area (Å²) < 4.78 is 5.58. The molecule has 2 nitrogen and oxygen atoms in total. The lowest BCUT2D eigenvalue weighted by Gasteiger charge is -2.25. The van der Waals surface area contributed by atoms with Gasteiger partial charge < -0.3 is 10.5 Å². The summed E-state index contributed by atoms with van der Waals surface area (Å²) in [7, 11) is 0. The van der Waals surface area contributed by atoms with Gasteiger partial charge in [0.2, 0.25) is 0 Å². The van der Waals surface area contributed by atoms with E-state index < -0.39 is 0 Å². The van der Waals surface area contributed by atoms with Crippen LogP contribution in [0.1, 0.15) is 32.6 Å². The van der Waals surface area contributed by atoms with Crippen LogP contribution in [0, 0.1) is 0 Å². The topological polar surface area (TPSA) is 35.2 Å². The Hall–Kier alpha value is -0.340. The highest BCUT2D eigenvalue weighted by Crippen LogP contribution is 2.18. The fraction of sp³-hybridized carbons (Fsp3) is 0.800. The first-order valence-electron chi connectivity index (χ1n) is 4.72. The molecule has 0 radical (unpaired) electrons. The maximum absolute atomic E-state index is 5.87. The van der Waals surface area contributed by atoms with Gasteiger partial charge in [0.1, 0.15) is 0 Å². The molecule has 0 aromatic heterocycles. The van der Waals surface area contributed by atoms with Crippen molar-refractivity contribution >= 4 is 0 Å². The van der Waals surface area contributed by atoms with Crippen LogP contribution in [0.5, 0.6) is 0 Å². The van der Waals surface area contributed by atoms with Gasteiger partial charge in [0.25, 0.3) is 0 Å². The molecule has 2 unspecified atom stereocenters. The molecule has 0 bridgehead atoms. The van der Waals surface area contributed by atoms with E-state index in [0.717, 1.165) is 18.6 Å². The van der Waals surface area contributed by atoms with E-state index in [4.69, 9.17) is 10.5 Å². The first-order chi connectivity index (χ1) is 5.70. The third kappa shape index (κ3) is 2.95. The van der Waals surface area contributed by atoms with Crippen molar-refractivity contribution in [3.8, 4) is 0 Å². The summed E-state index contributed by atoms with van der Waals surface area (Å²) in [5, 5.41) is 0. The van der Waals surface area contributed by atoms with Gasteiger partial charge in [-0.1, -0.05) is 12.2 Å². The zero-order chi connectivity index (χ0) is 8.97. The number of rotatable bonds is 3. The van der Waals surface area contributed by atoms with Gasteiger partial charge in [0, 0.05) is 12.6 Å². The molecule has 0 saturated carbocycles. The van der Waals surface area contributed by atoms with Crippen LogP contribution in [0.25, 0.3) is 0 Å². The van der Waals surface area contributed by atoms with Gasteiger partial charge in [-0.15, -0.1) is 0 Å². The van der Waals surface area contributed by atoms with Crippen LogP contribution in [-0.4, -0.2) is 18.8 Å². The molecule has 0 amide bonds. The molecule has 12 heavy (non-hydrogen) atoms. The van der Waals surface area contributed by atoms with E-state index in [-0.39, 0.29) is 6.04 Å². The van der Waals surface area contributed by atoms with E-state index in [9.17, 15) is 0 Å². The second-order valence-electron chi connectivity index (χ2n) is 3.68. The lowest BCUT2D eigenvalue weighted by molar-refractivity contribution is 0.00917. The summed E-state index contributed by atoms with van der Waals surface area (Å²) in [6, 6.07) is 0.119. The highest BCUT2D eigenvalue weighted by molar-refractivity contribution is 5.00. The molecule has 2 atom stereocenters. The van der Waals surface area contributed by atoms with Gasteiger partial charge in [-0.2, -0.15) is 0 Å². The van der Waals surface area contributed by atoms with E-state index in [1.165, 1.54) is 19.3 Å². The Bertz CT molecular complexity index is 150. The molecule has 0 aromatic rings.